The number of aliphatic carboxylic acids is 1. The number of benzene rings is 2. The van der Waals surface area contributed by atoms with Gasteiger partial charge in [0.15, 0.2) is 0 Å². The number of nitrogens with zero attached hydrogens (tertiary/aromatic N) is 2. The van der Waals surface area contributed by atoms with Gasteiger partial charge >= 0.3 is 5.97 Å². The fraction of sp³-hybridized carbons (Fsp3) is 0.222. The van der Waals surface area contributed by atoms with Gasteiger partial charge in [0.2, 0.25) is 5.91 Å². The maximum Gasteiger partial charge on any atom is 0.324 e. The summed E-state index contributed by atoms with van der Waals surface area (Å²) in [7, 11) is -4.24. The van der Waals surface area contributed by atoms with Gasteiger partial charge in [0, 0.05) is 29.2 Å². The van der Waals surface area contributed by atoms with Crippen molar-refractivity contribution in [2.24, 2.45) is 0 Å². The van der Waals surface area contributed by atoms with E-state index in [0.29, 0.717) is 18.7 Å². The number of anilines is 2. The van der Waals surface area contributed by atoms with Crippen LogP contribution in [0.4, 0.5) is 11.4 Å². The summed E-state index contributed by atoms with van der Waals surface area (Å²) in [5, 5.41) is 9.50. The molecule has 1 N–H and O–H groups in total. The topological polar surface area (TPSA) is 95.0 Å². The lowest BCUT2D eigenvalue weighted by Gasteiger charge is -2.24. The number of amides is 1. The van der Waals surface area contributed by atoms with Crippen LogP contribution in [-0.2, 0) is 26.0 Å². The molecule has 0 fully saturated rings. The SMILES string of the molecule is CC(=O)N1CCc2cc(N(CC(=O)O)S(=O)(=O)c3cc(Cl)cc(Cl)c3)ccc21. The molecule has 1 aliphatic heterocycles. The van der Waals surface area contributed by atoms with Gasteiger partial charge in [0.25, 0.3) is 10.0 Å². The van der Waals surface area contributed by atoms with E-state index in [4.69, 9.17) is 23.2 Å². The van der Waals surface area contributed by atoms with Crippen LogP contribution in [0.15, 0.2) is 41.3 Å². The molecule has 0 aromatic heterocycles. The Kier molecular flexibility index (Phi) is 5.56. The van der Waals surface area contributed by atoms with Crippen molar-refractivity contribution in [2.45, 2.75) is 18.2 Å². The quantitative estimate of drug-likeness (QED) is 0.766. The first-order valence-corrected chi connectivity index (χ1v) is 10.4. The Balaban J connectivity index is 2.08. The highest BCUT2D eigenvalue weighted by Gasteiger charge is 2.30. The van der Waals surface area contributed by atoms with E-state index >= 15 is 0 Å². The molecule has 0 aliphatic carbocycles. The Hall–Kier alpha value is -2.29. The highest BCUT2D eigenvalue weighted by atomic mass is 35.5. The van der Waals surface area contributed by atoms with Gasteiger partial charge in [-0.2, -0.15) is 0 Å². The van der Waals surface area contributed by atoms with Crippen LogP contribution in [-0.4, -0.2) is 38.5 Å². The lowest BCUT2D eigenvalue weighted by atomic mass is 10.1. The zero-order valence-electron chi connectivity index (χ0n) is 14.7. The van der Waals surface area contributed by atoms with Gasteiger partial charge < -0.3 is 10.0 Å². The maximum absolute atomic E-state index is 13.1. The molecule has 10 heteroatoms. The molecule has 1 aliphatic rings. The average Bonchev–Trinajstić information content (AvgIpc) is 3.01. The largest absolute Gasteiger partial charge is 0.480 e. The van der Waals surface area contributed by atoms with Crippen molar-refractivity contribution < 1.29 is 23.1 Å². The summed E-state index contributed by atoms with van der Waals surface area (Å²) in [6.45, 7) is 1.17. The van der Waals surface area contributed by atoms with E-state index < -0.39 is 22.5 Å². The van der Waals surface area contributed by atoms with Gasteiger partial charge in [0.1, 0.15) is 6.54 Å². The van der Waals surface area contributed by atoms with Crippen LogP contribution < -0.4 is 9.21 Å². The zero-order valence-corrected chi connectivity index (χ0v) is 17.1. The van der Waals surface area contributed by atoms with Crippen LogP contribution in [0.1, 0.15) is 12.5 Å². The molecule has 28 heavy (non-hydrogen) atoms. The minimum atomic E-state index is -4.24. The molecule has 0 radical (unpaired) electrons. The van der Waals surface area contributed by atoms with E-state index in [-0.39, 0.29) is 26.5 Å². The molecule has 3 rings (SSSR count). The van der Waals surface area contributed by atoms with Crippen LogP contribution in [0.5, 0.6) is 0 Å². The maximum atomic E-state index is 13.1. The van der Waals surface area contributed by atoms with Gasteiger partial charge in [-0.3, -0.25) is 13.9 Å². The Morgan fingerprint density at radius 1 is 1.14 bits per heavy atom. The van der Waals surface area contributed by atoms with Crippen molar-refractivity contribution in [1.29, 1.82) is 0 Å². The third-order valence-corrected chi connectivity index (χ3v) is 6.52. The van der Waals surface area contributed by atoms with E-state index in [0.717, 1.165) is 9.87 Å². The third kappa shape index (κ3) is 3.94. The highest BCUT2D eigenvalue weighted by molar-refractivity contribution is 7.92. The van der Waals surface area contributed by atoms with E-state index in [1.165, 1.54) is 31.2 Å². The molecule has 148 valence electrons. The first-order valence-electron chi connectivity index (χ1n) is 8.21. The molecule has 0 saturated carbocycles. The second-order valence-corrected chi connectivity index (χ2v) is 8.98. The van der Waals surface area contributed by atoms with Gasteiger partial charge in [-0.25, -0.2) is 8.42 Å². The standard InChI is InChI=1S/C18H16Cl2N2O5S/c1-11(23)21-5-4-12-6-15(2-3-17(12)21)22(10-18(24)25)28(26,27)16-8-13(19)7-14(20)9-16/h2-3,6-9H,4-5,10H2,1H3,(H,24,25). The van der Waals surface area contributed by atoms with Gasteiger partial charge in [-0.05, 0) is 48.4 Å². The van der Waals surface area contributed by atoms with Crippen LogP contribution in [0, 0.1) is 0 Å². The normalized spacial score (nSPS) is 13.3. The van der Waals surface area contributed by atoms with Crippen molar-refractivity contribution in [3.05, 3.63) is 52.0 Å². The van der Waals surface area contributed by atoms with Gasteiger partial charge in [-0.15, -0.1) is 0 Å². The number of hydrogen-bond donors (Lipinski definition) is 1. The third-order valence-electron chi connectivity index (χ3n) is 4.33. The molecule has 0 spiro atoms. The second kappa shape index (κ2) is 7.62. The number of fused-ring (bicyclic) bond motifs is 1. The lowest BCUT2D eigenvalue weighted by molar-refractivity contribution is -0.135. The molecule has 1 amide bonds. The predicted octanol–water partition coefficient (Wildman–Crippen LogP) is 3.18. The Bertz CT molecular complexity index is 1050. The monoisotopic (exact) mass is 442 g/mol. The Labute approximate surface area is 172 Å². The fourth-order valence-corrected chi connectivity index (χ4v) is 5.25. The summed E-state index contributed by atoms with van der Waals surface area (Å²) < 4.78 is 27.0. The minimum absolute atomic E-state index is 0.116. The summed E-state index contributed by atoms with van der Waals surface area (Å²) in [4.78, 5) is 24.4. The number of sulfonamides is 1. The molecule has 0 saturated heterocycles. The molecule has 0 bridgehead atoms. The number of carbonyl (C=O) groups is 2. The molecule has 0 atom stereocenters. The van der Waals surface area contributed by atoms with Crippen LogP contribution in [0.2, 0.25) is 10.0 Å². The van der Waals surface area contributed by atoms with Crippen molar-refractivity contribution in [1.82, 2.24) is 0 Å². The number of carboxylic acids is 1. The smallest absolute Gasteiger partial charge is 0.324 e. The second-order valence-electron chi connectivity index (χ2n) is 6.24. The summed E-state index contributed by atoms with van der Waals surface area (Å²) >= 11 is 11.8. The first kappa shape index (κ1) is 20.4. The molecule has 7 nitrogen and oxygen atoms in total. The van der Waals surface area contributed by atoms with Crippen LogP contribution in [0.25, 0.3) is 0 Å². The van der Waals surface area contributed by atoms with Crippen LogP contribution in [0.3, 0.4) is 0 Å². The van der Waals surface area contributed by atoms with E-state index in [9.17, 15) is 23.1 Å². The molecule has 2 aromatic carbocycles. The van der Waals surface area contributed by atoms with Crippen molar-refractivity contribution in [2.75, 3.05) is 22.3 Å². The molecule has 0 unspecified atom stereocenters. The van der Waals surface area contributed by atoms with Gasteiger partial charge in [0.05, 0.1) is 10.6 Å². The highest BCUT2D eigenvalue weighted by Crippen LogP contribution is 2.34. The van der Waals surface area contributed by atoms with E-state index in [2.05, 4.69) is 0 Å². The molecular weight excluding hydrogens is 427 g/mol. The minimum Gasteiger partial charge on any atom is -0.480 e. The zero-order chi connectivity index (χ0) is 20.6. The first-order chi connectivity index (χ1) is 13.1. The number of carbonyl (C=O) groups excluding carboxylic acids is 1. The molecule has 2 aromatic rings. The lowest BCUT2D eigenvalue weighted by Crippen LogP contribution is -2.35. The fourth-order valence-electron chi connectivity index (χ4n) is 3.11. The summed E-state index contributed by atoms with van der Waals surface area (Å²) in [6.07, 6.45) is 0.548. The van der Waals surface area contributed by atoms with Gasteiger partial charge in [-0.1, -0.05) is 23.2 Å². The van der Waals surface area contributed by atoms with E-state index in [1.54, 1.807) is 17.0 Å². The number of rotatable bonds is 5. The molecule has 1 heterocycles. The van der Waals surface area contributed by atoms with Crippen LogP contribution >= 0.6 is 23.2 Å². The summed E-state index contributed by atoms with van der Waals surface area (Å²) in [6, 6.07) is 8.49. The predicted molar refractivity (Wildman–Crippen MR) is 107 cm³/mol. The number of hydrogen-bond acceptors (Lipinski definition) is 4. The number of carboxylic acid groups (broad SMARTS) is 1. The summed E-state index contributed by atoms with van der Waals surface area (Å²) in [5.41, 5.74) is 1.64. The van der Waals surface area contributed by atoms with Crippen molar-refractivity contribution >= 4 is 56.5 Å². The van der Waals surface area contributed by atoms with E-state index in [1.807, 2.05) is 0 Å². The number of halogens is 2. The Morgan fingerprint density at radius 3 is 2.36 bits per heavy atom. The average molecular weight is 443 g/mol. The Morgan fingerprint density at radius 2 is 1.79 bits per heavy atom. The van der Waals surface area contributed by atoms with Crippen molar-refractivity contribution in [3.8, 4) is 0 Å². The molecular formula is C18H16Cl2N2O5S. The van der Waals surface area contributed by atoms with Crippen molar-refractivity contribution in [3.63, 3.8) is 0 Å². The summed E-state index contributed by atoms with van der Waals surface area (Å²) in [5.74, 6) is -1.43.